The van der Waals surface area contributed by atoms with E-state index in [0.29, 0.717) is 19.4 Å². The highest BCUT2D eigenvalue weighted by Crippen LogP contribution is 2.19. The number of hydrogen-bond donors (Lipinski definition) is 2. The van der Waals surface area contributed by atoms with Gasteiger partial charge in [-0.2, -0.15) is 0 Å². The quantitative estimate of drug-likeness (QED) is 0.782. The summed E-state index contributed by atoms with van der Waals surface area (Å²) in [6.45, 7) is 2.16. The van der Waals surface area contributed by atoms with Crippen LogP contribution in [0.5, 0.6) is 0 Å². The summed E-state index contributed by atoms with van der Waals surface area (Å²) in [4.78, 5) is 11.6. The fourth-order valence-corrected chi connectivity index (χ4v) is 1.78. The van der Waals surface area contributed by atoms with Crippen LogP contribution in [0.15, 0.2) is 18.2 Å². The van der Waals surface area contributed by atoms with Crippen LogP contribution in [0.3, 0.4) is 0 Å². The number of amides is 1. The Morgan fingerprint density at radius 3 is 2.89 bits per heavy atom. The van der Waals surface area contributed by atoms with Crippen LogP contribution in [0.1, 0.15) is 25.3 Å². The minimum Gasteiger partial charge on any atom is -0.393 e. The van der Waals surface area contributed by atoms with E-state index < -0.39 is 5.82 Å². The number of halogens is 2. The highest BCUT2D eigenvalue weighted by atomic mass is 35.5. The molecule has 0 aliphatic heterocycles. The minimum absolute atomic E-state index is 0.0693. The third-order valence-corrected chi connectivity index (χ3v) is 2.87. The van der Waals surface area contributed by atoms with Crippen LogP contribution in [0.2, 0.25) is 5.02 Å². The first-order chi connectivity index (χ1) is 8.50. The Hall–Kier alpha value is -1.13. The summed E-state index contributed by atoms with van der Waals surface area (Å²) in [6, 6.07) is 4.34. The molecule has 18 heavy (non-hydrogen) atoms. The lowest BCUT2D eigenvalue weighted by molar-refractivity contribution is -0.120. The van der Waals surface area contributed by atoms with Crippen molar-refractivity contribution in [3.05, 3.63) is 34.6 Å². The van der Waals surface area contributed by atoms with Crippen molar-refractivity contribution in [2.45, 2.75) is 32.3 Å². The molecular formula is C13H17ClFNO2. The van der Waals surface area contributed by atoms with Crippen molar-refractivity contribution in [2.24, 2.45) is 0 Å². The van der Waals surface area contributed by atoms with E-state index in [0.717, 1.165) is 0 Å². The molecule has 5 heteroatoms. The van der Waals surface area contributed by atoms with Crippen LogP contribution >= 0.6 is 11.6 Å². The van der Waals surface area contributed by atoms with E-state index in [4.69, 9.17) is 16.7 Å². The molecule has 0 aromatic heterocycles. The van der Waals surface area contributed by atoms with Gasteiger partial charge in [0.2, 0.25) is 5.91 Å². The van der Waals surface area contributed by atoms with Gasteiger partial charge in [0, 0.05) is 17.1 Å². The molecule has 0 saturated heterocycles. The Balaban J connectivity index is 2.40. The average molecular weight is 274 g/mol. The zero-order valence-electron chi connectivity index (χ0n) is 10.2. The van der Waals surface area contributed by atoms with Gasteiger partial charge in [-0.05, 0) is 31.9 Å². The second-order valence-corrected chi connectivity index (χ2v) is 4.63. The summed E-state index contributed by atoms with van der Waals surface area (Å²) in [5, 5.41) is 12.0. The van der Waals surface area contributed by atoms with E-state index in [1.165, 1.54) is 12.1 Å². The molecule has 100 valence electrons. The lowest BCUT2D eigenvalue weighted by Gasteiger charge is -2.08. The van der Waals surface area contributed by atoms with Crippen molar-refractivity contribution in [1.29, 1.82) is 0 Å². The van der Waals surface area contributed by atoms with Crippen molar-refractivity contribution in [2.75, 3.05) is 6.54 Å². The van der Waals surface area contributed by atoms with Crippen LogP contribution in [0, 0.1) is 5.82 Å². The SMILES string of the molecule is CC(O)CCCNC(=O)Cc1c(F)cccc1Cl. The molecule has 1 rings (SSSR count). The summed E-state index contributed by atoms with van der Waals surface area (Å²) < 4.78 is 13.4. The zero-order chi connectivity index (χ0) is 13.5. The molecule has 1 unspecified atom stereocenters. The van der Waals surface area contributed by atoms with Crippen LogP contribution in [0.4, 0.5) is 4.39 Å². The van der Waals surface area contributed by atoms with E-state index in [-0.39, 0.29) is 29.0 Å². The fraction of sp³-hybridized carbons (Fsp3) is 0.462. The topological polar surface area (TPSA) is 49.3 Å². The second-order valence-electron chi connectivity index (χ2n) is 4.22. The van der Waals surface area contributed by atoms with Crippen LogP contribution in [-0.2, 0) is 11.2 Å². The highest BCUT2D eigenvalue weighted by Gasteiger charge is 2.11. The maximum Gasteiger partial charge on any atom is 0.224 e. The first-order valence-corrected chi connectivity index (χ1v) is 6.26. The summed E-state index contributed by atoms with van der Waals surface area (Å²) in [5.41, 5.74) is 0.215. The van der Waals surface area contributed by atoms with Crippen LogP contribution in [-0.4, -0.2) is 23.7 Å². The highest BCUT2D eigenvalue weighted by molar-refractivity contribution is 6.31. The Morgan fingerprint density at radius 1 is 1.56 bits per heavy atom. The van der Waals surface area contributed by atoms with Crippen molar-refractivity contribution in [1.82, 2.24) is 5.32 Å². The molecule has 1 aromatic rings. The van der Waals surface area contributed by atoms with Crippen molar-refractivity contribution in [3.63, 3.8) is 0 Å². The van der Waals surface area contributed by atoms with E-state index in [1.54, 1.807) is 13.0 Å². The van der Waals surface area contributed by atoms with Gasteiger partial charge in [0.05, 0.1) is 12.5 Å². The molecule has 0 aliphatic carbocycles. The molecule has 3 nitrogen and oxygen atoms in total. The molecule has 0 heterocycles. The number of benzene rings is 1. The molecule has 0 aliphatic rings. The molecule has 1 amide bonds. The van der Waals surface area contributed by atoms with Gasteiger partial charge >= 0.3 is 0 Å². The van der Waals surface area contributed by atoms with Crippen LogP contribution in [0.25, 0.3) is 0 Å². The van der Waals surface area contributed by atoms with E-state index in [9.17, 15) is 9.18 Å². The number of aliphatic hydroxyl groups is 1. The molecule has 2 N–H and O–H groups in total. The third-order valence-electron chi connectivity index (χ3n) is 2.52. The number of aliphatic hydroxyl groups excluding tert-OH is 1. The lowest BCUT2D eigenvalue weighted by Crippen LogP contribution is -2.27. The molecule has 0 fully saturated rings. The Labute approximate surface area is 111 Å². The van der Waals surface area contributed by atoms with Gasteiger partial charge < -0.3 is 10.4 Å². The van der Waals surface area contributed by atoms with E-state index in [1.807, 2.05) is 0 Å². The maximum absolute atomic E-state index is 13.4. The second kappa shape index (κ2) is 7.34. The van der Waals surface area contributed by atoms with Crippen LogP contribution < -0.4 is 5.32 Å². The van der Waals surface area contributed by atoms with Gasteiger partial charge in [-0.25, -0.2) is 4.39 Å². The van der Waals surface area contributed by atoms with Gasteiger partial charge in [0.25, 0.3) is 0 Å². The smallest absolute Gasteiger partial charge is 0.224 e. The largest absolute Gasteiger partial charge is 0.393 e. The number of carbonyl (C=O) groups excluding carboxylic acids is 1. The molecule has 1 aromatic carbocycles. The maximum atomic E-state index is 13.4. The Bertz CT molecular complexity index is 390. The predicted octanol–water partition coefficient (Wildman–Crippen LogP) is 2.30. The van der Waals surface area contributed by atoms with Gasteiger partial charge in [-0.3, -0.25) is 4.79 Å². The van der Waals surface area contributed by atoms with Gasteiger partial charge in [0.1, 0.15) is 5.82 Å². The molecule has 0 spiro atoms. The number of carbonyl (C=O) groups is 1. The summed E-state index contributed by atoms with van der Waals surface area (Å²) in [6.07, 6.45) is 0.873. The first-order valence-electron chi connectivity index (χ1n) is 5.88. The van der Waals surface area contributed by atoms with Gasteiger partial charge in [0.15, 0.2) is 0 Å². The molecular weight excluding hydrogens is 257 g/mol. The predicted molar refractivity (Wildman–Crippen MR) is 69.0 cm³/mol. The fourth-order valence-electron chi connectivity index (χ4n) is 1.55. The van der Waals surface area contributed by atoms with Gasteiger partial charge in [-0.1, -0.05) is 17.7 Å². The molecule has 0 saturated carbocycles. The minimum atomic E-state index is -0.471. The van der Waals surface area contributed by atoms with E-state index in [2.05, 4.69) is 5.32 Å². The summed E-state index contributed by atoms with van der Waals surface area (Å²) in [5.74, 6) is -0.741. The van der Waals surface area contributed by atoms with Crippen molar-refractivity contribution >= 4 is 17.5 Å². The number of rotatable bonds is 6. The Kier molecular flexibility index (Phi) is 6.09. The van der Waals surface area contributed by atoms with E-state index >= 15 is 0 Å². The lowest BCUT2D eigenvalue weighted by atomic mass is 10.1. The molecule has 0 bridgehead atoms. The zero-order valence-corrected chi connectivity index (χ0v) is 11.0. The summed E-state index contributed by atoms with van der Waals surface area (Å²) in [7, 11) is 0. The first kappa shape index (κ1) is 14.9. The Morgan fingerprint density at radius 2 is 2.28 bits per heavy atom. The molecule has 0 radical (unpaired) electrons. The van der Waals surface area contributed by atoms with Gasteiger partial charge in [-0.15, -0.1) is 0 Å². The average Bonchev–Trinajstić information content (AvgIpc) is 2.29. The third kappa shape index (κ3) is 5.02. The monoisotopic (exact) mass is 273 g/mol. The number of hydrogen-bond acceptors (Lipinski definition) is 2. The summed E-state index contributed by atoms with van der Waals surface area (Å²) >= 11 is 5.82. The van der Waals surface area contributed by atoms with Crippen molar-refractivity contribution < 1.29 is 14.3 Å². The van der Waals surface area contributed by atoms with Crippen molar-refractivity contribution in [3.8, 4) is 0 Å². The normalized spacial score (nSPS) is 12.2. The molecule has 1 atom stereocenters. The number of nitrogens with one attached hydrogen (secondary N) is 1. The standard InChI is InChI=1S/C13H17ClFNO2/c1-9(17)4-3-7-16-13(18)8-10-11(14)5-2-6-12(10)15/h2,5-6,9,17H,3-4,7-8H2,1H3,(H,16,18).